The summed E-state index contributed by atoms with van der Waals surface area (Å²) in [5, 5.41) is 0. The molecule has 1 rings (SSSR count). The van der Waals surface area contributed by atoms with Crippen molar-refractivity contribution in [2.45, 2.75) is 6.42 Å². The molecule has 14 heavy (non-hydrogen) atoms. The van der Waals surface area contributed by atoms with Crippen LogP contribution in [0.1, 0.15) is 5.56 Å². The second-order valence-electron chi connectivity index (χ2n) is 2.72. The lowest BCUT2D eigenvalue weighted by Gasteiger charge is -2.08. The van der Waals surface area contributed by atoms with E-state index in [0.29, 0.717) is 13.0 Å². The van der Waals surface area contributed by atoms with Gasteiger partial charge in [-0.05, 0) is 18.2 Å². The molecule has 3 heteroatoms. The van der Waals surface area contributed by atoms with E-state index < -0.39 is 0 Å². The Hall–Kier alpha value is -1.09. The van der Waals surface area contributed by atoms with E-state index in [0.717, 1.165) is 22.1 Å². The van der Waals surface area contributed by atoms with Crippen molar-refractivity contribution in [3.8, 4) is 5.75 Å². The van der Waals surface area contributed by atoms with Crippen LogP contribution < -0.4 is 4.74 Å². The van der Waals surface area contributed by atoms with Crippen molar-refractivity contribution in [1.82, 2.24) is 0 Å². The highest BCUT2D eigenvalue weighted by atomic mass is 79.9. The van der Waals surface area contributed by atoms with Gasteiger partial charge in [0.1, 0.15) is 18.6 Å². The van der Waals surface area contributed by atoms with E-state index in [2.05, 4.69) is 22.5 Å². The molecule has 0 heterocycles. The van der Waals surface area contributed by atoms with Gasteiger partial charge < -0.3 is 9.53 Å². The summed E-state index contributed by atoms with van der Waals surface area (Å²) in [5.74, 6) is 0.736. The Morgan fingerprint density at radius 1 is 1.50 bits per heavy atom. The Kier molecular flexibility index (Phi) is 4.40. The van der Waals surface area contributed by atoms with Gasteiger partial charge >= 0.3 is 0 Å². The van der Waals surface area contributed by atoms with Crippen LogP contribution in [-0.2, 0) is 11.2 Å². The van der Waals surface area contributed by atoms with Gasteiger partial charge in [0.15, 0.2) is 0 Å². The Morgan fingerprint density at radius 2 is 2.29 bits per heavy atom. The Labute approximate surface area is 91.7 Å². The molecule has 1 aromatic rings. The van der Waals surface area contributed by atoms with E-state index in [1.807, 2.05) is 18.2 Å². The minimum absolute atomic E-state index is 0.367. The van der Waals surface area contributed by atoms with E-state index in [-0.39, 0.29) is 0 Å². The van der Waals surface area contributed by atoms with Gasteiger partial charge in [0, 0.05) is 16.5 Å². The number of carbonyl (C=O) groups excluding carboxylic acids is 1. The van der Waals surface area contributed by atoms with Gasteiger partial charge in [-0.2, -0.15) is 0 Å². The van der Waals surface area contributed by atoms with Gasteiger partial charge in [-0.15, -0.1) is 0 Å². The fourth-order valence-electron chi connectivity index (χ4n) is 1.09. The Bertz CT molecular complexity index is 334. The van der Waals surface area contributed by atoms with Crippen LogP contribution in [0.15, 0.2) is 35.3 Å². The molecule has 0 fully saturated rings. The number of ether oxygens (including phenoxy) is 1. The summed E-state index contributed by atoms with van der Waals surface area (Å²) >= 11 is 3.34. The first kappa shape index (κ1) is 11.0. The summed E-state index contributed by atoms with van der Waals surface area (Å²) in [5.41, 5.74) is 0.885. The third-order valence-electron chi connectivity index (χ3n) is 1.68. The van der Waals surface area contributed by atoms with E-state index in [9.17, 15) is 4.79 Å². The first-order chi connectivity index (χ1) is 6.77. The summed E-state index contributed by atoms with van der Waals surface area (Å²) in [6, 6.07) is 5.60. The van der Waals surface area contributed by atoms with Gasteiger partial charge in [0.25, 0.3) is 0 Å². The normalized spacial score (nSPS) is 9.50. The first-order valence-electron chi connectivity index (χ1n) is 4.23. The van der Waals surface area contributed by atoms with Crippen LogP contribution >= 0.6 is 15.9 Å². The van der Waals surface area contributed by atoms with Gasteiger partial charge in [-0.1, -0.05) is 28.6 Å². The summed E-state index contributed by atoms with van der Waals surface area (Å²) in [4.78, 5) is 10.4. The molecule has 0 aromatic heterocycles. The molecule has 0 N–H and O–H groups in total. The molecule has 0 aliphatic carbocycles. The molecule has 0 aliphatic rings. The Balaban J connectivity index is 2.88. The number of hydrogen-bond donors (Lipinski definition) is 0. The average Bonchev–Trinajstić information content (AvgIpc) is 2.17. The van der Waals surface area contributed by atoms with Crippen LogP contribution in [0.3, 0.4) is 0 Å². The van der Waals surface area contributed by atoms with E-state index in [1.54, 1.807) is 6.08 Å². The van der Waals surface area contributed by atoms with Crippen LogP contribution in [0.5, 0.6) is 5.75 Å². The molecule has 0 saturated heterocycles. The summed E-state index contributed by atoms with van der Waals surface area (Å²) in [7, 11) is 0. The molecule has 0 saturated carbocycles. The molecular weight excluding hydrogens is 244 g/mol. The van der Waals surface area contributed by atoms with E-state index in [4.69, 9.17) is 4.74 Å². The molecule has 0 atom stereocenters. The summed E-state index contributed by atoms with van der Waals surface area (Å²) in [6.45, 7) is 4.02. The standard InChI is InChI=1S/C11H11BrO2/c1-2-7-14-11-4-3-10(12)8-9(11)5-6-13/h2-4,6,8H,1,5,7H2. The van der Waals surface area contributed by atoms with Crippen molar-refractivity contribution in [3.63, 3.8) is 0 Å². The average molecular weight is 255 g/mol. The van der Waals surface area contributed by atoms with Crippen LogP contribution in [0.25, 0.3) is 0 Å². The maximum absolute atomic E-state index is 10.4. The van der Waals surface area contributed by atoms with Crippen molar-refractivity contribution in [2.24, 2.45) is 0 Å². The fourth-order valence-corrected chi connectivity index (χ4v) is 1.50. The minimum Gasteiger partial charge on any atom is -0.489 e. The van der Waals surface area contributed by atoms with Crippen LogP contribution in [0.4, 0.5) is 0 Å². The van der Waals surface area contributed by atoms with Crippen LogP contribution in [-0.4, -0.2) is 12.9 Å². The lowest BCUT2D eigenvalue weighted by atomic mass is 10.1. The molecule has 0 aliphatic heterocycles. The third-order valence-corrected chi connectivity index (χ3v) is 2.18. The lowest BCUT2D eigenvalue weighted by molar-refractivity contribution is -0.107. The van der Waals surface area contributed by atoms with Crippen molar-refractivity contribution < 1.29 is 9.53 Å². The third kappa shape index (κ3) is 3.00. The predicted octanol–water partition coefficient (Wildman–Crippen LogP) is 2.76. The molecule has 0 amide bonds. The molecule has 2 nitrogen and oxygen atoms in total. The highest BCUT2D eigenvalue weighted by molar-refractivity contribution is 9.10. The molecule has 0 bridgehead atoms. The first-order valence-corrected chi connectivity index (χ1v) is 5.03. The number of rotatable bonds is 5. The monoisotopic (exact) mass is 254 g/mol. The highest BCUT2D eigenvalue weighted by Crippen LogP contribution is 2.23. The van der Waals surface area contributed by atoms with Crippen molar-refractivity contribution >= 4 is 22.2 Å². The number of benzene rings is 1. The number of carbonyl (C=O) groups is 1. The molecule has 0 radical (unpaired) electrons. The van der Waals surface area contributed by atoms with E-state index >= 15 is 0 Å². The molecule has 74 valence electrons. The van der Waals surface area contributed by atoms with Crippen LogP contribution in [0, 0.1) is 0 Å². The predicted molar refractivity (Wildman–Crippen MR) is 59.6 cm³/mol. The van der Waals surface area contributed by atoms with Crippen molar-refractivity contribution in [1.29, 1.82) is 0 Å². The second-order valence-corrected chi connectivity index (χ2v) is 3.64. The largest absolute Gasteiger partial charge is 0.489 e. The zero-order valence-electron chi connectivity index (χ0n) is 7.70. The zero-order valence-corrected chi connectivity index (χ0v) is 9.29. The fraction of sp³-hybridized carbons (Fsp3) is 0.182. The maximum atomic E-state index is 10.4. The van der Waals surface area contributed by atoms with Gasteiger partial charge in [0.2, 0.25) is 0 Å². The molecule has 0 unspecified atom stereocenters. The molecular formula is C11H11BrO2. The maximum Gasteiger partial charge on any atom is 0.124 e. The van der Waals surface area contributed by atoms with Gasteiger partial charge in [-0.25, -0.2) is 0 Å². The van der Waals surface area contributed by atoms with E-state index in [1.165, 1.54) is 0 Å². The SMILES string of the molecule is C=CCOc1ccc(Br)cc1CC=O. The minimum atomic E-state index is 0.367. The highest BCUT2D eigenvalue weighted by Gasteiger charge is 2.03. The smallest absolute Gasteiger partial charge is 0.124 e. The molecule has 0 spiro atoms. The quantitative estimate of drug-likeness (QED) is 0.597. The summed E-state index contributed by atoms with van der Waals surface area (Å²) in [6.07, 6.45) is 2.90. The second kappa shape index (κ2) is 5.60. The number of aldehydes is 1. The number of halogens is 1. The Morgan fingerprint density at radius 3 is 2.93 bits per heavy atom. The zero-order chi connectivity index (χ0) is 10.4. The topological polar surface area (TPSA) is 26.3 Å². The lowest BCUT2D eigenvalue weighted by Crippen LogP contribution is -1.98. The molecule has 1 aromatic carbocycles. The van der Waals surface area contributed by atoms with Crippen LogP contribution in [0.2, 0.25) is 0 Å². The van der Waals surface area contributed by atoms with Gasteiger partial charge in [-0.3, -0.25) is 0 Å². The van der Waals surface area contributed by atoms with Crippen molar-refractivity contribution in [3.05, 3.63) is 40.9 Å². The summed E-state index contributed by atoms with van der Waals surface area (Å²) < 4.78 is 6.34. The van der Waals surface area contributed by atoms with Crippen molar-refractivity contribution in [2.75, 3.05) is 6.61 Å². The number of hydrogen-bond acceptors (Lipinski definition) is 2. The van der Waals surface area contributed by atoms with Gasteiger partial charge in [0.05, 0.1) is 0 Å².